The van der Waals surface area contributed by atoms with Gasteiger partial charge in [-0.05, 0) is 30.6 Å². The van der Waals surface area contributed by atoms with Gasteiger partial charge in [0.1, 0.15) is 19.3 Å². The van der Waals surface area contributed by atoms with Crippen molar-refractivity contribution in [3.63, 3.8) is 0 Å². The van der Waals surface area contributed by atoms with Gasteiger partial charge in [-0.2, -0.15) is 0 Å². The summed E-state index contributed by atoms with van der Waals surface area (Å²) in [6.45, 7) is 3.85. The lowest BCUT2D eigenvalue weighted by Crippen LogP contribution is -2.13. The smallest absolute Gasteiger partial charge is 0.259 e. The molecule has 1 aromatic carbocycles. The van der Waals surface area contributed by atoms with Crippen LogP contribution in [0.25, 0.3) is 11.4 Å². The SMILES string of the molecule is BCc1cc(C(=C)OC)nc2c(C(=O)Nc3ccccc3Cl)ccn12. The average Bonchev–Trinajstić information content (AvgIpc) is 3.06. The number of benzene rings is 1. The molecule has 3 aromatic rings. The Hall–Kier alpha value is -2.73. The van der Waals surface area contributed by atoms with Crippen molar-refractivity contribution in [3.8, 4) is 0 Å². The van der Waals surface area contributed by atoms with Crippen LogP contribution in [-0.2, 0) is 11.1 Å². The minimum absolute atomic E-state index is 0.273. The largest absolute Gasteiger partial charge is 0.495 e. The van der Waals surface area contributed by atoms with E-state index < -0.39 is 0 Å². The number of methoxy groups -OCH3 is 1. The fourth-order valence-corrected chi connectivity index (χ4v) is 2.78. The second-order valence-electron chi connectivity index (χ2n) is 5.47. The highest BCUT2D eigenvalue weighted by atomic mass is 35.5. The van der Waals surface area contributed by atoms with E-state index in [-0.39, 0.29) is 5.91 Å². The van der Waals surface area contributed by atoms with Crippen molar-refractivity contribution in [2.24, 2.45) is 0 Å². The molecule has 1 N–H and O–H groups in total. The topological polar surface area (TPSA) is 55.6 Å². The number of hydrogen-bond donors (Lipinski definition) is 1. The van der Waals surface area contributed by atoms with Gasteiger partial charge in [0, 0.05) is 11.9 Å². The van der Waals surface area contributed by atoms with E-state index in [1.54, 1.807) is 25.3 Å². The molecule has 1 amide bonds. The third-order valence-electron chi connectivity index (χ3n) is 3.96. The van der Waals surface area contributed by atoms with Gasteiger partial charge in [0.2, 0.25) is 0 Å². The van der Waals surface area contributed by atoms with E-state index >= 15 is 0 Å². The van der Waals surface area contributed by atoms with E-state index in [0.717, 1.165) is 12.0 Å². The third kappa shape index (κ3) is 3.26. The first-order valence-corrected chi connectivity index (χ1v) is 8.23. The normalized spacial score (nSPS) is 10.6. The van der Waals surface area contributed by atoms with E-state index in [0.29, 0.717) is 33.4 Å². The molecule has 0 saturated carbocycles. The van der Waals surface area contributed by atoms with Gasteiger partial charge in [-0.3, -0.25) is 4.79 Å². The molecule has 25 heavy (non-hydrogen) atoms. The van der Waals surface area contributed by atoms with E-state index in [1.165, 1.54) is 0 Å². The second-order valence-corrected chi connectivity index (χ2v) is 5.88. The lowest BCUT2D eigenvalue weighted by atomic mass is 10.0. The number of anilines is 1. The lowest BCUT2D eigenvalue weighted by Gasteiger charge is -2.10. The summed E-state index contributed by atoms with van der Waals surface area (Å²) >= 11 is 6.12. The van der Waals surface area contributed by atoms with Crippen LogP contribution in [0.1, 0.15) is 21.7 Å². The Balaban J connectivity index is 2.05. The Morgan fingerprint density at radius 3 is 2.84 bits per heavy atom. The highest BCUT2D eigenvalue weighted by Crippen LogP contribution is 2.23. The summed E-state index contributed by atoms with van der Waals surface area (Å²) < 4.78 is 7.09. The first-order chi connectivity index (χ1) is 12.0. The molecule has 0 bridgehead atoms. The quantitative estimate of drug-likeness (QED) is 0.567. The van der Waals surface area contributed by atoms with Crippen molar-refractivity contribution < 1.29 is 9.53 Å². The molecule has 0 aliphatic heterocycles. The van der Waals surface area contributed by atoms with Crippen LogP contribution >= 0.6 is 11.6 Å². The van der Waals surface area contributed by atoms with Gasteiger partial charge >= 0.3 is 0 Å². The second kappa shape index (κ2) is 7.03. The van der Waals surface area contributed by atoms with E-state index in [2.05, 4.69) is 16.9 Å². The number of carbonyl (C=O) groups is 1. The molecule has 0 aliphatic rings. The number of nitrogens with one attached hydrogen (secondary N) is 1. The maximum atomic E-state index is 12.7. The summed E-state index contributed by atoms with van der Waals surface area (Å²) in [5.41, 5.74) is 3.19. The van der Waals surface area contributed by atoms with Gasteiger partial charge in [0.05, 0.1) is 23.4 Å². The molecule has 0 saturated heterocycles. The Morgan fingerprint density at radius 2 is 2.16 bits per heavy atom. The zero-order chi connectivity index (χ0) is 18.0. The summed E-state index contributed by atoms with van der Waals surface area (Å²) in [5, 5.41) is 3.31. The number of amides is 1. The van der Waals surface area contributed by atoms with Gasteiger partial charge in [0.25, 0.3) is 5.91 Å². The fraction of sp³-hybridized carbons (Fsp3) is 0.111. The molecule has 2 heterocycles. The van der Waals surface area contributed by atoms with Gasteiger partial charge in [0.15, 0.2) is 5.65 Å². The van der Waals surface area contributed by atoms with Crippen LogP contribution in [0.5, 0.6) is 0 Å². The summed E-state index contributed by atoms with van der Waals surface area (Å²) in [7, 11) is 3.58. The number of halogens is 1. The molecule has 0 unspecified atom stereocenters. The van der Waals surface area contributed by atoms with Crippen molar-refractivity contribution in [3.05, 3.63) is 71.1 Å². The number of hydrogen-bond acceptors (Lipinski definition) is 3. The number of ether oxygens (including phenoxy) is 1. The van der Waals surface area contributed by atoms with Crippen LogP contribution in [0.2, 0.25) is 5.02 Å². The predicted molar refractivity (Wildman–Crippen MR) is 103 cm³/mol. The molecule has 3 rings (SSSR count). The number of para-hydroxylation sites is 1. The van der Waals surface area contributed by atoms with Gasteiger partial charge in [-0.1, -0.05) is 30.3 Å². The standard InChI is InChI=1S/C18H17BClN3O2/c1-11(25-2)16-9-12(10-19)23-8-7-13(17(23)21-16)18(24)22-15-6-4-3-5-14(15)20/h3-9H,1,10,19H2,2H3,(H,22,24). The van der Waals surface area contributed by atoms with E-state index in [4.69, 9.17) is 16.3 Å². The van der Waals surface area contributed by atoms with Crippen LogP contribution in [0.15, 0.2) is 49.2 Å². The van der Waals surface area contributed by atoms with Gasteiger partial charge in [-0.25, -0.2) is 4.98 Å². The number of rotatable bonds is 5. The zero-order valence-corrected chi connectivity index (χ0v) is 14.8. The molecule has 7 heteroatoms. The van der Waals surface area contributed by atoms with E-state index in [1.807, 2.05) is 36.6 Å². The molecule has 0 fully saturated rings. The number of fused-ring (bicyclic) bond motifs is 1. The summed E-state index contributed by atoms with van der Waals surface area (Å²) in [6, 6.07) is 10.8. The Bertz CT molecular complexity index is 968. The minimum Gasteiger partial charge on any atom is -0.495 e. The molecule has 5 nitrogen and oxygen atoms in total. The van der Waals surface area contributed by atoms with Crippen molar-refractivity contribution in [2.45, 2.75) is 6.32 Å². The van der Waals surface area contributed by atoms with Crippen LogP contribution in [0.3, 0.4) is 0 Å². The van der Waals surface area contributed by atoms with Gasteiger partial charge < -0.3 is 14.5 Å². The first kappa shape index (κ1) is 17.1. The zero-order valence-electron chi connectivity index (χ0n) is 14.0. The molecule has 2 aromatic heterocycles. The third-order valence-corrected chi connectivity index (χ3v) is 4.29. The number of nitrogens with zero attached hydrogens (tertiary/aromatic N) is 2. The average molecular weight is 354 g/mol. The van der Waals surface area contributed by atoms with Crippen LogP contribution in [0, 0.1) is 0 Å². The maximum absolute atomic E-state index is 12.7. The van der Waals surface area contributed by atoms with Crippen molar-refractivity contribution in [1.82, 2.24) is 9.38 Å². The highest BCUT2D eigenvalue weighted by molar-refractivity contribution is 6.34. The summed E-state index contributed by atoms with van der Waals surface area (Å²) in [5.74, 6) is 0.182. The monoisotopic (exact) mass is 353 g/mol. The van der Waals surface area contributed by atoms with Crippen LogP contribution in [-0.4, -0.2) is 30.2 Å². The predicted octanol–water partition coefficient (Wildman–Crippen LogP) is 2.99. The van der Waals surface area contributed by atoms with Crippen molar-refractivity contribution >= 4 is 42.4 Å². The Morgan fingerprint density at radius 1 is 1.40 bits per heavy atom. The van der Waals surface area contributed by atoms with Crippen LogP contribution in [0.4, 0.5) is 5.69 Å². The number of carbonyl (C=O) groups excluding carboxylic acids is 1. The van der Waals surface area contributed by atoms with Gasteiger partial charge in [-0.15, -0.1) is 0 Å². The summed E-state index contributed by atoms with van der Waals surface area (Å²) in [6.07, 6.45) is 2.62. The Kier molecular flexibility index (Phi) is 4.81. The summed E-state index contributed by atoms with van der Waals surface area (Å²) in [4.78, 5) is 17.3. The molecule has 0 aliphatic carbocycles. The molecule has 0 spiro atoms. The van der Waals surface area contributed by atoms with Crippen molar-refractivity contribution in [1.29, 1.82) is 0 Å². The fourth-order valence-electron chi connectivity index (χ4n) is 2.59. The maximum Gasteiger partial charge on any atom is 0.259 e. The van der Waals surface area contributed by atoms with Crippen molar-refractivity contribution in [2.75, 3.05) is 12.4 Å². The molecular formula is C18H17BClN3O2. The number of aromatic nitrogens is 2. The minimum atomic E-state index is -0.273. The Labute approximate surface area is 151 Å². The highest BCUT2D eigenvalue weighted by Gasteiger charge is 2.17. The lowest BCUT2D eigenvalue weighted by molar-refractivity contribution is 0.102. The van der Waals surface area contributed by atoms with Crippen LogP contribution < -0.4 is 5.32 Å². The van der Waals surface area contributed by atoms with E-state index in [9.17, 15) is 4.79 Å². The molecular weight excluding hydrogens is 336 g/mol. The molecule has 0 radical (unpaired) electrons. The molecule has 0 atom stereocenters. The first-order valence-electron chi connectivity index (χ1n) is 7.85. The molecule has 126 valence electrons.